The van der Waals surface area contributed by atoms with Gasteiger partial charge >= 0.3 is 6.30 Å². The molecule has 7 heteroatoms. The van der Waals surface area contributed by atoms with Crippen LogP contribution in [-0.4, -0.2) is 24.4 Å². The van der Waals surface area contributed by atoms with E-state index >= 15 is 0 Å². The van der Waals surface area contributed by atoms with Gasteiger partial charge in [0.05, 0.1) is 16.3 Å². The van der Waals surface area contributed by atoms with Crippen molar-refractivity contribution in [2.24, 2.45) is 0 Å². The molecule has 2 rings (SSSR count). The number of benzene rings is 1. The lowest BCUT2D eigenvalue weighted by molar-refractivity contribution is -0.0999. The minimum Gasteiger partial charge on any atom is -0.338 e. The molecule has 0 saturated carbocycles. The lowest BCUT2D eigenvalue weighted by atomic mass is 10.3. The monoisotopic (exact) mass is 299 g/mol. The van der Waals surface area contributed by atoms with Crippen LogP contribution in [0.25, 0.3) is 10.2 Å². The van der Waals surface area contributed by atoms with E-state index in [1.165, 1.54) is 28.8 Å². The molecule has 1 aromatic heterocycles. The second-order valence-corrected chi connectivity index (χ2v) is 5.26. The number of anilines is 2. The first-order chi connectivity index (χ1) is 9.30. The van der Waals surface area contributed by atoms with Crippen molar-refractivity contribution in [2.75, 3.05) is 17.3 Å². The summed E-state index contributed by atoms with van der Waals surface area (Å²) in [6.45, 7) is 1.85. The Labute approximate surface area is 118 Å². The molecule has 1 atom stereocenters. The van der Waals surface area contributed by atoms with Crippen molar-refractivity contribution in [3.05, 3.63) is 18.2 Å². The zero-order chi connectivity index (χ0) is 14.9. The fourth-order valence-corrected chi connectivity index (χ4v) is 2.63. The van der Waals surface area contributed by atoms with Gasteiger partial charge in [0.15, 0.2) is 5.13 Å². The second-order valence-electron chi connectivity index (χ2n) is 4.26. The number of hydrogen-bond acceptors (Lipinski definition) is 4. The number of fused-ring (bicyclic) bond motifs is 1. The van der Waals surface area contributed by atoms with Crippen LogP contribution < -0.4 is 10.2 Å². The number of aromatic nitrogens is 1. The van der Waals surface area contributed by atoms with Crippen LogP contribution in [0.1, 0.15) is 6.92 Å². The molecule has 0 aliphatic carbocycles. The van der Waals surface area contributed by atoms with Crippen molar-refractivity contribution in [2.45, 2.75) is 19.3 Å². The van der Waals surface area contributed by atoms with Gasteiger partial charge in [-0.05, 0) is 25.1 Å². The molecule has 0 fully saturated rings. The Balaban J connectivity index is 2.33. The van der Waals surface area contributed by atoms with Crippen LogP contribution in [-0.2, 0) is 0 Å². The van der Waals surface area contributed by atoms with E-state index in [2.05, 4.69) is 10.9 Å². The van der Waals surface area contributed by atoms with Crippen LogP contribution in [0, 0.1) is 12.3 Å². The van der Waals surface area contributed by atoms with Crippen molar-refractivity contribution >= 4 is 32.4 Å². The van der Waals surface area contributed by atoms with Gasteiger partial charge in [-0.15, -0.1) is 6.42 Å². The molecular formula is C13H12F3N3S. The number of nitrogens with one attached hydrogen (secondary N) is 1. The van der Waals surface area contributed by atoms with E-state index in [0.29, 0.717) is 15.3 Å². The normalized spacial score (nSPS) is 13.0. The molecule has 0 spiro atoms. The summed E-state index contributed by atoms with van der Waals surface area (Å²) in [6.07, 6.45) is 0.900. The van der Waals surface area contributed by atoms with E-state index in [-0.39, 0.29) is 11.7 Å². The van der Waals surface area contributed by atoms with Crippen molar-refractivity contribution in [1.82, 2.24) is 4.98 Å². The summed E-state index contributed by atoms with van der Waals surface area (Å²) in [7, 11) is 1.80. The lowest BCUT2D eigenvalue weighted by Gasteiger charge is -2.18. The summed E-state index contributed by atoms with van der Waals surface area (Å²) in [5, 5.41) is 2.15. The summed E-state index contributed by atoms with van der Waals surface area (Å²) >= 11 is 1.30. The maximum absolute atomic E-state index is 12.3. The molecule has 1 aromatic carbocycles. The number of halogens is 3. The molecule has 20 heavy (non-hydrogen) atoms. The Morgan fingerprint density at radius 1 is 1.45 bits per heavy atom. The third-order valence-corrected chi connectivity index (χ3v) is 3.90. The van der Waals surface area contributed by atoms with Gasteiger partial charge in [0.2, 0.25) is 0 Å². The first-order valence-corrected chi connectivity index (χ1v) is 6.56. The summed E-state index contributed by atoms with van der Waals surface area (Å²) in [4.78, 5) is 6.17. The Morgan fingerprint density at radius 2 is 2.15 bits per heavy atom. The van der Waals surface area contributed by atoms with Crippen LogP contribution in [0.15, 0.2) is 18.2 Å². The molecule has 1 unspecified atom stereocenters. The third kappa shape index (κ3) is 3.14. The fourth-order valence-electron chi connectivity index (χ4n) is 1.58. The predicted molar refractivity (Wildman–Crippen MR) is 76.0 cm³/mol. The molecule has 0 aliphatic rings. The first-order valence-electron chi connectivity index (χ1n) is 5.74. The lowest BCUT2D eigenvalue weighted by Crippen LogP contribution is -2.26. The molecular weight excluding hydrogens is 287 g/mol. The summed E-state index contributed by atoms with van der Waals surface area (Å²) in [5.41, 5.74) is 0.640. The van der Waals surface area contributed by atoms with E-state index in [0.717, 1.165) is 0 Å². The van der Waals surface area contributed by atoms with Gasteiger partial charge in [-0.3, -0.25) is 5.32 Å². The Bertz CT molecular complexity index is 657. The highest BCUT2D eigenvalue weighted by atomic mass is 32.1. The topological polar surface area (TPSA) is 28.2 Å². The van der Waals surface area contributed by atoms with Crippen LogP contribution in [0.2, 0.25) is 0 Å². The zero-order valence-corrected chi connectivity index (χ0v) is 11.6. The van der Waals surface area contributed by atoms with E-state index in [1.807, 2.05) is 11.8 Å². The maximum Gasteiger partial charge on any atom is 0.482 e. The second kappa shape index (κ2) is 5.21. The average Bonchev–Trinajstić information content (AvgIpc) is 2.77. The van der Waals surface area contributed by atoms with Gasteiger partial charge in [-0.25, -0.2) is 4.98 Å². The minimum atomic E-state index is -4.45. The number of thiazole rings is 1. The molecule has 2 aromatic rings. The highest BCUT2D eigenvalue weighted by molar-refractivity contribution is 7.22. The van der Waals surface area contributed by atoms with E-state index < -0.39 is 6.30 Å². The maximum atomic E-state index is 12.3. The third-order valence-electron chi connectivity index (χ3n) is 2.79. The smallest absolute Gasteiger partial charge is 0.338 e. The molecule has 106 valence electrons. The Hall–Kier alpha value is -1.94. The zero-order valence-electron chi connectivity index (χ0n) is 10.8. The molecule has 0 aliphatic heterocycles. The standard InChI is InChI=1S/C13H12F3N3S/c1-4-8(2)19(3)12-17-10-6-5-9(7-11(10)20-12)18-13(14,15)16/h1,5-8,18H,2-3H3. The quantitative estimate of drug-likeness (QED) is 0.692. The van der Waals surface area contributed by atoms with Gasteiger partial charge in [0.25, 0.3) is 0 Å². The number of rotatable bonds is 3. The van der Waals surface area contributed by atoms with Gasteiger partial charge in [-0.2, -0.15) is 13.2 Å². The first kappa shape index (κ1) is 14.5. The van der Waals surface area contributed by atoms with E-state index in [9.17, 15) is 13.2 Å². The Kier molecular flexibility index (Phi) is 3.77. The van der Waals surface area contributed by atoms with E-state index in [1.54, 1.807) is 13.1 Å². The van der Waals surface area contributed by atoms with Crippen LogP contribution in [0.3, 0.4) is 0 Å². The number of hydrogen-bond donors (Lipinski definition) is 1. The van der Waals surface area contributed by atoms with Crippen LogP contribution in [0.4, 0.5) is 24.0 Å². The van der Waals surface area contributed by atoms with Crippen molar-refractivity contribution < 1.29 is 13.2 Å². The van der Waals surface area contributed by atoms with Crippen molar-refractivity contribution in [3.63, 3.8) is 0 Å². The molecule has 0 bridgehead atoms. The Morgan fingerprint density at radius 3 is 2.75 bits per heavy atom. The largest absolute Gasteiger partial charge is 0.482 e. The number of nitrogens with zero attached hydrogens (tertiary/aromatic N) is 2. The molecule has 1 N–H and O–H groups in total. The fraction of sp³-hybridized carbons (Fsp3) is 0.308. The minimum absolute atomic E-state index is 0.00662. The highest BCUT2D eigenvalue weighted by Crippen LogP contribution is 2.32. The number of alkyl halides is 3. The molecule has 3 nitrogen and oxygen atoms in total. The van der Waals surface area contributed by atoms with E-state index in [4.69, 9.17) is 6.42 Å². The van der Waals surface area contributed by atoms with Gasteiger partial charge < -0.3 is 4.90 Å². The molecule has 0 amide bonds. The molecule has 0 saturated heterocycles. The summed E-state index contributed by atoms with van der Waals surface area (Å²) in [6, 6.07) is 4.20. The summed E-state index contributed by atoms with van der Waals surface area (Å²) < 4.78 is 37.5. The van der Waals surface area contributed by atoms with Crippen molar-refractivity contribution in [1.29, 1.82) is 0 Å². The summed E-state index contributed by atoms with van der Waals surface area (Å²) in [5.74, 6) is 2.58. The van der Waals surface area contributed by atoms with Gasteiger partial charge in [-0.1, -0.05) is 17.3 Å². The highest BCUT2D eigenvalue weighted by Gasteiger charge is 2.27. The van der Waals surface area contributed by atoms with Gasteiger partial charge in [0.1, 0.15) is 0 Å². The number of terminal acetylenes is 1. The van der Waals surface area contributed by atoms with Crippen molar-refractivity contribution in [3.8, 4) is 12.3 Å². The molecule has 0 radical (unpaired) electrons. The van der Waals surface area contributed by atoms with Crippen LogP contribution in [0.5, 0.6) is 0 Å². The average molecular weight is 299 g/mol. The predicted octanol–water partition coefficient (Wildman–Crippen LogP) is 3.69. The van der Waals surface area contributed by atoms with Crippen LogP contribution >= 0.6 is 11.3 Å². The SMILES string of the molecule is C#CC(C)N(C)c1nc2ccc(NC(F)(F)F)cc2s1. The molecule has 1 heterocycles. The van der Waals surface area contributed by atoms with Gasteiger partial charge in [0, 0.05) is 12.7 Å².